The van der Waals surface area contributed by atoms with Gasteiger partial charge < -0.3 is 0 Å². The van der Waals surface area contributed by atoms with Crippen molar-refractivity contribution in [2.24, 2.45) is 0 Å². The molecule has 0 unspecified atom stereocenters. The first-order valence-electron chi connectivity index (χ1n) is 3.89. The number of carbonyl (C=O) groups is 1. The highest BCUT2D eigenvalue weighted by atomic mass is 35.5. The van der Waals surface area contributed by atoms with Crippen LogP contribution in [0.3, 0.4) is 0 Å². The lowest BCUT2D eigenvalue weighted by Crippen LogP contribution is -2.02. The number of hydrogen-bond donors (Lipinski definition) is 0. The van der Waals surface area contributed by atoms with Gasteiger partial charge in [0.15, 0.2) is 0 Å². The average molecular weight is 214 g/mol. The molecule has 0 aliphatic carbocycles. The van der Waals surface area contributed by atoms with Crippen molar-refractivity contribution in [3.05, 3.63) is 38.9 Å². The molecule has 0 aromatic heterocycles. The predicted octanol–water partition coefficient (Wildman–Crippen LogP) is 2.59. The van der Waals surface area contributed by atoms with Crippen molar-refractivity contribution in [3.8, 4) is 0 Å². The minimum Gasteiger partial charge on any atom is -0.275 e. The first-order chi connectivity index (χ1) is 6.45. The van der Waals surface area contributed by atoms with Gasteiger partial charge in [0.2, 0.25) is 0 Å². The SMILES string of the molecule is Cc1ccc(C(=O)Cl)c([N+](=O)[O-])c1C. The summed E-state index contributed by atoms with van der Waals surface area (Å²) in [6, 6.07) is 3.01. The van der Waals surface area contributed by atoms with Crippen molar-refractivity contribution in [3.63, 3.8) is 0 Å². The summed E-state index contributed by atoms with van der Waals surface area (Å²) in [7, 11) is 0. The van der Waals surface area contributed by atoms with E-state index in [1.54, 1.807) is 19.9 Å². The molecular formula is C9H8ClNO3. The van der Waals surface area contributed by atoms with Crippen molar-refractivity contribution >= 4 is 22.5 Å². The van der Waals surface area contributed by atoms with Crippen LogP contribution in [0.1, 0.15) is 21.5 Å². The molecule has 0 saturated heterocycles. The Balaban J connectivity index is 3.53. The fraction of sp³-hybridized carbons (Fsp3) is 0.222. The van der Waals surface area contributed by atoms with Crippen molar-refractivity contribution in [1.82, 2.24) is 0 Å². The van der Waals surface area contributed by atoms with Gasteiger partial charge in [-0.2, -0.15) is 0 Å². The molecule has 4 nitrogen and oxygen atoms in total. The highest BCUT2D eigenvalue weighted by molar-refractivity contribution is 6.68. The maximum Gasteiger partial charge on any atom is 0.284 e. The minimum absolute atomic E-state index is 0.0558. The van der Waals surface area contributed by atoms with Crippen molar-refractivity contribution < 1.29 is 9.72 Å². The number of nitrogens with zero attached hydrogens (tertiary/aromatic N) is 1. The quantitative estimate of drug-likeness (QED) is 0.431. The van der Waals surface area contributed by atoms with Crippen LogP contribution in [0.5, 0.6) is 0 Å². The van der Waals surface area contributed by atoms with E-state index in [0.29, 0.717) is 5.56 Å². The summed E-state index contributed by atoms with van der Waals surface area (Å²) in [5.74, 6) is 0. The molecule has 14 heavy (non-hydrogen) atoms. The van der Waals surface area contributed by atoms with E-state index in [0.717, 1.165) is 5.56 Å². The summed E-state index contributed by atoms with van der Waals surface area (Å²) >= 11 is 5.23. The normalized spacial score (nSPS) is 9.93. The topological polar surface area (TPSA) is 60.2 Å². The molecule has 0 amide bonds. The molecule has 0 heterocycles. The second-order valence-corrected chi connectivity index (χ2v) is 3.28. The molecule has 1 aromatic carbocycles. The van der Waals surface area contributed by atoms with Crippen LogP contribution in [-0.2, 0) is 0 Å². The Labute approximate surface area is 85.6 Å². The van der Waals surface area contributed by atoms with Crippen LogP contribution in [0, 0.1) is 24.0 Å². The van der Waals surface area contributed by atoms with Gasteiger partial charge in [-0.1, -0.05) is 6.07 Å². The second kappa shape index (κ2) is 3.75. The molecule has 0 N–H and O–H groups in total. The molecule has 0 radical (unpaired) electrons. The summed E-state index contributed by atoms with van der Waals surface area (Å²) < 4.78 is 0. The van der Waals surface area contributed by atoms with E-state index in [1.165, 1.54) is 6.07 Å². The van der Waals surface area contributed by atoms with Crippen LogP contribution in [0.2, 0.25) is 0 Å². The highest BCUT2D eigenvalue weighted by Gasteiger charge is 2.22. The monoisotopic (exact) mass is 213 g/mol. The van der Waals surface area contributed by atoms with Gasteiger partial charge in [-0.3, -0.25) is 14.9 Å². The molecule has 0 saturated carbocycles. The summed E-state index contributed by atoms with van der Waals surface area (Å²) in [5.41, 5.74) is 0.977. The minimum atomic E-state index is -0.806. The zero-order valence-corrected chi connectivity index (χ0v) is 8.46. The molecule has 0 bridgehead atoms. The van der Waals surface area contributed by atoms with Gasteiger partial charge >= 0.3 is 0 Å². The molecule has 0 fully saturated rings. The largest absolute Gasteiger partial charge is 0.284 e. The maximum atomic E-state index is 10.9. The summed E-state index contributed by atoms with van der Waals surface area (Å²) in [5, 5.41) is 9.89. The standard InChI is InChI=1S/C9H8ClNO3/c1-5-3-4-7(9(10)12)8(6(5)2)11(13)14/h3-4H,1-2H3. The van der Waals surface area contributed by atoms with E-state index in [2.05, 4.69) is 0 Å². The van der Waals surface area contributed by atoms with Gasteiger partial charge in [-0.15, -0.1) is 0 Å². The van der Waals surface area contributed by atoms with E-state index in [9.17, 15) is 14.9 Å². The van der Waals surface area contributed by atoms with Gasteiger partial charge in [-0.05, 0) is 37.1 Å². The molecule has 0 aliphatic rings. The summed E-state index contributed by atoms with van der Waals surface area (Å²) in [6.07, 6.45) is 0. The van der Waals surface area contributed by atoms with Gasteiger partial charge in [-0.25, -0.2) is 0 Å². The lowest BCUT2D eigenvalue weighted by Gasteiger charge is -2.03. The van der Waals surface area contributed by atoms with Gasteiger partial charge in [0.25, 0.3) is 10.9 Å². The van der Waals surface area contributed by atoms with Crippen LogP contribution in [0.15, 0.2) is 12.1 Å². The van der Waals surface area contributed by atoms with E-state index >= 15 is 0 Å². The molecular weight excluding hydrogens is 206 g/mol. The van der Waals surface area contributed by atoms with Crippen LogP contribution < -0.4 is 0 Å². The molecule has 0 aliphatic heterocycles. The molecule has 5 heteroatoms. The van der Waals surface area contributed by atoms with Crippen molar-refractivity contribution in [1.29, 1.82) is 0 Å². The first-order valence-corrected chi connectivity index (χ1v) is 4.27. The Hall–Kier alpha value is -1.42. The van der Waals surface area contributed by atoms with Crippen molar-refractivity contribution in [2.45, 2.75) is 13.8 Å². The molecule has 74 valence electrons. The average Bonchev–Trinajstić information content (AvgIpc) is 2.08. The third-order valence-electron chi connectivity index (χ3n) is 2.10. The highest BCUT2D eigenvalue weighted by Crippen LogP contribution is 2.27. The van der Waals surface area contributed by atoms with Gasteiger partial charge in [0.05, 0.1) is 4.92 Å². The van der Waals surface area contributed by atoms with Crippen LogP contribution in [0.4, 0.5) is 5.69 Å². The number of aryl methyl sites for hydroxylation is 1. The van der Waals surface area contributed by atoms with Crippen LogP contribution in [-0.4, -0.2) is 10.2 Å². The predicted molar refractivity (Wildman–Crippen MR) is 52.8 cm³/mol. The number of nitro groups is 1. The Morgan fingerprint density at radius 3 is 2.43 bits per heavy atom. The number of halogens is 1. The van der Waals surface area contributed by atoms with E-state index in [4.69, 9.17) is 11.6 Å². The fourth-order valence-corrected chi connectivity index (χ4v) is 1.35. The van der Waals surface area contributed by atoms with E-state index in [-0.39, 0.29) is 11.3 Å². The lowest BCUT2D eigenvalue weighted by atomic mass is 10.0. The number of benzene rings is 1. The smallest absolute Gasteiger partial charge is 0.275 e. The summed E-state index contributed by atoms with van der Waals surface area (Å²) in [6.45, 7) is 3.33. The Morgan fingerprint density at radius 2 is 2.00 bits per heavy atom. The third-order valence-corrected chi connectivity index (χ3v) is 2.30. The number of carbonyl (C=O) groups excluding carboxylic acids is 1. The second-order valence-electron chi connectivity index (χ2n) is 2.93. The van der Waals surface area contributed by atoms with E-state index < -0.39 is 10.2 Å². The third kappa shape index (κ3) is 1.75. The number of rotatable bonds is 2. The molecule has 0 atom stereocenters. The van der Waals surface area contributed by atoms with E-state index in [1.807, 2.05) is 0 Å². The maximum absolute atomic E-state index is 10.9. The molecule has 1 aromatic rings. The fourth-order valence-electron chi connectivity index (χ4n) is 1.19. The van der Waals surface area contributed by atoms with Gasteiger partial charge in [0.1, 0.15) is 5.56 Å². The van der Waals surface area contributed by atoms with Gasteiger partial charge in [0, 0.05) is 5.56 Å². The zero-order valence-electron chi connectivity index (χ0n) is 7.70. The number of nitro benzene ring substituents is 1. The summed E-state index contributed by atoms with van der Waals surface area (Å²) in [4.78, 5) is 21.0. The zero-order chi connectivity index (χ0) is 10.9. The Bertz CT molecular complexity index is 415. The van der Waals surface area contributed by atoms with Crippen molar-refractivity contribution in [2.75, 3.05) is 0 Å². The Morgan fingerprint density at radius 1 is 1.43 bits per heavy atom. The molecule has 1 rings (SSSR count). The first kappa shape index (κ1) is 10.7. The van der Waals surface area contributed by atoms with Crippen LogP contribution >= 0.6 is 11.6 Å². The Kier molecular flexibility index (Phi) is 2.86. The number of hydrogen-bond acceptors (Lipinski definition) is 3. The molecule has 0 spiro atoms. The van der Waals surface area contributed by atoms with Crippen LogP contribution in [0.25, 0.3) is 0 Å². The lowest BCUT2D eigenvalue weighted by molar-refractivity contribution is -0.385.